The summed E-state index contributed by atoms with van der Waals surface area (Å²) in [6.07, 6.45) is -13.3. The number of nitrogens with one attached hydrogen (secondary N) is 3. The van der Waals surface area contributed by atoms with Crippen LogP contribution in [-0.2, 0) is 23.9 Å². The van der Waals surface area contributed by atoms with Crippen LogP contribution in [-0.4, -0.2) is 86.6 Å². The number of non-ortho nitro benzene ring substituents is 1. The molecule has 0 aliphatic heterocycles. The second-order valence-corrected chi connectivity index (χ2v) is 21.1. The van der Waals surface area contributed by atoms with E-state index in [0.29, 0.717) is 42.5 Å². The number of halogens is 12. The molecule has 7 N–H and O–H groups in total. The number of pyridine rings is 2. The van der Waals surface area contributed by atoms with E-state index in [4.69, 9.17) is 38.8 Å². The van der Waals surface area contributed by atoms with Crippen LogP contribution in [0.15, 0.2) is 158 Å². The summed E-state index contributed by atoms with van der Waals surface area (Å²) in [5.74, 6) is -4.16. The number of aliphatic hydroxyl groups is 2. The van der Waals surface area contributed by atoms with Crippen LogP contribution < -0.4 is 35.9 Å². The molecule has 2 saturated carbocycles. The maximum atomic E-state index is 14.9. The lowest BCUT2D eigenvalue weighted by Crippen LogP contribution is -2.55. The van der Waals surface area contributed by atoms with Gasteiger partial charge in [0.15, 0.2) is 0 Å². The van der Waals surface area contributed by atoms with Gasteiger partial charge in [0.1, 0.15) is 40.0 Å². The summed E-state index contributed by atoms with van der Waals surface area (Å²) in [5, 5.41) is 38.6. The number of alkyl halides is 8. The van der Waals surface area contributed by atoms with Crippen molar-refractivity contribution in [3.63, 3.8) is 0 Å². The number of nitro benzene ring substituents is 1. The summed E-state index contributed by atoms with van der Waals surface area (Å²) < 4.78 is 150. The second-order valence-electron chi connectivity index (χ2n) is 20.3. The van der Waals surface area contributed by atoms with Crippen molar-refractivity contribution in [2.24, 2.45) is 5.73 Å². The first kappa shape index (κ1) is 69.8. The monoisotopic (exact) mass is 1290 g/mol. The fourth-order valence-electron chi connectivity index (χ4n) is 9.66. The summed E-state index contributed by atoms with van der Waals surface area (Å²) in [6.45, 7) is 0. The number of urea groups is 1. The molecule has 0 radical (unpaired) electrons. The predicted molar refractivity (Wildman–Crippen MR) is 308 cm³/mol. The van der Waals surface area contributed by atoms with Gasteiger partial charge >= 0.3 is 37.2 Å². The molecule has 2 aliphatic carbocycles. The number of hydrogen-bond donors (Lipinski definition) is 6. The molecule has 2 fully saturated rings. The van der Waals surface area contributed by atoms with Gasteiger partial charge in [0, 0.05) is 55.5 Å². The third-order valence-electron chi connectivity index (χ3n) is 13.9. The molecule has 2 aromatic heterocycles. The molecule has 476 valence electrons. The van der Waals surface area contributed by atoms with E-state index < -0.39 is 88.5 Å². The van der Waals surface area contributed by atoms with E-state index in [1.807, 2.05) is 0 Å². The first-order valence-corrected chi connectivity index (χ1v) is 27.5. The van der Waals surface area contributed by atoms with Gasteiger partial charge < -0.3 is 46.1 Å². The van der Waals surface area contributed by atoms with Crippen molar-refractivity contribution in [3.8, 4) is 17.2 Å². The molecule has 0 unspecified atom stereocenters. The number of ether oxygens (including phenoxy) is 3. The van der Waals surface area contributed by atoms with Gasteiger partial charge in [-0.1, -0.05) is 91.3 Å². The van der Waals surface area contributed by atoms with Gasteiger partial charge in [-0.2, -0.15) is 35.1 Å². The Morgan fingerprint density at radius 1 is 0.629 bits per heavy atom. The van der Waals surface area contributed by atoms with Crippen LogP contribution in [0.25, 0.3) is 0 Å². The Bertz CT molecular complexity index is 3450. The summed E-state index contributed by atoms with van der Waals surface area (Å²) >= 11 is 12.0. The van der Waals surface area contributed by atoms with Crippen LogP contribution in [0.1, 0.15) is 79.6 Å². The van der Waals surface area contributed by atoms with Gasteiger partial charge in [0.05, 0.1) is 44.6 Å². The zero-order valence-corrected chi connectivity index (χ0v) is 47.4. The number of carbonyl (C=O) groups excluding carboxylic acids is 2. The summed E-state index contributed by atoms with van der Waals surface area (Å²) in [5.41, 5.74) is 2.60. The molecule has 7 aromatic rings. The highest BCUT2D eigenvalue weighted by Crippen LogP contribution is 2.40. The van der Waals surface area contributed by atoms with Crippen molar-refractivity contribution < 1.29 is 82.8 Å². The summed E-state index contributed by atoms with van der Waals surface area (Å²) in [4.78, 5) is 45.5. The molecule has 89 heavy (non-hydrogen) atoms. The van der Waals surface area contributed by atoms with Gasteiger partial charge in [0.25, 0.3) is 5.69 Å². The van der Waals surface area contributed by atoms with E-state index in [9.17, 15) is 68.7 Å². The average molecular weight is 1300 g/mol. The SMILES string of the molecule is C.N[C@@H]1CCC[C@H]1O.O=C(N[C@@H]1CCC[C@H]1O)N[C@@](Cc1ccccc1)(c1cc(F)cc(OC(F)(F)C(F)F)c1)c1ccc(Cl)cn1.O=C(N[C@@](Cc1ccccc1)(c1cc(F)cc(OC(F)(F)C(F)F)c1)c1ccc(Cl)cn1)Oc1ccc([N+](=O)[O-])cc1. The normalized spacial score (nSPS) is 17.7. The Hall–Kier alpha value is -8.30. The number of amides is 3. The third-order valence-corrected chi connectivity index (χ3v) is 14.4. The number of benzene rings is 5. The molecule has 0 bridgehead atoms. The highest BCUT2D eigenvalue weighted by Gasteiger charge is 2.47. The Morgan fingerprint density at radius 3 is 1.45 bits per heavy atom. The molecular weight excluding hydrogens is 1240 g/mol. The lowest BCUT2D eigenvalue weighted by molar-refractivity contribution is -0.384. The molecule has 16 nitrogen and oxygen atoms in total. The predicted octanol–water partition coefficient (Wildman–Crippen LogP) is 13.6. The van der Waals surface area contributed by atoms with Gasteiger partial charge in [-0.15, -0.1) is 0 Å². The number of nitrogens with two attached hydrogens (primary N) is 1. The largest absolute Gasteiger partial charge is 0.461 e. The number of aromatic nitrogens is 2. The van der Waals surface area contributed by atoms with Crippen molar-refractivity contribution in [3.05, 3.63) is 223 Å². The van der Waals surface area contributed by atoms with Crippen LogP contribution in [0.5, 0.6) is 17.2 Å². The van der Waals surface area contributed by atoms with Crippen LogP contribution in [0.2, 0.25) is 10.0 Å². The maximum Gasteiger partial charge on any atom is 0.461 e. The number of aliphatic hydroxyl groups excluding tert-OH is 2. The number of rotatable bonds is 19. The maximum absolute atomic E-state index is 14.9. The zero-order chi connectivity index (χ0) is 64.0. The van der Waals surface area contributed by atoms with Crippen LogP contribution in [0.3, 0.4) is 0 Å². The van der Waals surface area contributed by atoms with Crippen LogP contribution >= 0.6 is 23.2 Å². The summed E-state index contributed by atoms with van der Waals surface area (Å²) in [6, 6.07) is 30.8. The third kappa shape index (κ3) is 18.9. The molecule has 2 aliphatic rings. The molecule has 9 rings (SSSR count). The van der Waals surface area contributed by atoms with E-state index >= 15 is 0 Å². The van der Waals surface area contributed by atoms with Gasteiger partial charge in [-0.25, -0.2) is 18.4 Å². The Balaban J connectivity index is 0.000000253. The molecule has 0 spiro atoms. The number of hydrogen-bond acceptors (Lipinski definition) is 12. The first-order chi connectivity index (χ1) is 41.7. The lowest BCUT2D eigenvalue weighted by Gasteiger charge is -2.36. The Kier molecular flexibility index (Phi) is 24.1. The van der Waals surface area contributed by atoms with Gasteiger partial charge in [-0.3, -0.25) is 20.1 Å². The molecule has 2 heterocycles. The van der Waals surface area contributed by atoms with Gasteiger partial charge in [0.2, 0.25) is 0 Å². The molecule has 5 aromatic carbocycles. The minimum absolute atomic E-state index is 0. The fraction of sp³-hybridized carbons (Fsp3) is 0.311. The standard InChI is InChI=1S/C28H19ClF5N3O5.C27H25ClF5N3O3.C5H11NO.CH4/c29-19-6-11-24(35-16-19)27(15-17-4-2-1-3-5-17,36-26(38)41-22-9-7-21(8-10-22)37(39)40)18-12-20(30)14-23(13-18)42-28(33,34)25(31)32;28-18-9-10-23(34-15-18)26(14-16-5-2-1-3-6-16,36-25(38)35-21-7-4-8-22(21)37)17-11-19(29)13-20(12-17)39-27(32,33)24(30)31;6-4-2-1-3-5(4)7;/h1-14,16,25H,15H2,(H,36,38);1-3,5-6,9-13,15,21-22,24,37H,4,7-8,14H2,(H2,35,36,38);4-5,7H,1-3,6H2;1H4/t27-;21-,22-,26+;4-,5-;/m011./s1. The lowest BCUT2D eigenvalue weighted by atomic mass is 9.80. The number of carbonyl (C=O) groups is 2. The smallest absolute Gasteiger partial charge is 0.428 e. The first-order valence-electron chi connectivity index (χ1n) is 26.8. The van der Waals surface area contributed by atoms with Crippen molar-refractivity contribution in [1.82, 2.24) is 25.9 Å². The van der Waals surface area contributed by atoms with E-state index in [2.05, 4.69) is 35.4 Å². The van der Waals surface area contributed by atoms with Crippen molar-refractivity contribution in [2.45, 2.75) is 119 Å². The quantitative estimate of drug-likeness (QED) is 0.0252. The highest BCUT2D eigenvalue weighted by atomic mass is 35.5. The van der Waals surface area contributed by atoms with Crippen LogP contribution in [0.4, 0.5) is 59.2 Å². The second kappa shape index (κ2) is 30.8. The molecule has 6 atom stereocenters. The average Bonchev–Trinajstić information content (AvgIpc) is 1.11. The molecule has 0 saturated heterocycles. The molecule has 28 heteroatoms. The fourth-order valence-corrected chi connectivity index (χ4v) is 9.88. The van der Waals surface area contributed by atoms with E-state index in [1.54, 1.807) is 60.7 Å². The van der Waals surface area contributed by atoms with E-state index in [0.717, 1.165) is 67.8 Å². The topological polar surface area (TPSA) is 233 Å². The number of nitro groups is 1. The van der Waals surface area contributed by atoms with Crippen molar-refractivity contribution in [2.75, 3.05) is 0 Å². The van der Waals surface area contributed by atoms with E-state index in [-0.39, 0.29) is 76.4 Å². The minimum atomic E-state index is -4.95. The van der Waals surface area contributed by atoms with Gasteiger partial charge in [-0.05, 0) is 121 Å². The Labute approximate surface area is 513 Å². The minimum Gasteiger partial charge on any atom is -0.428 e. The molecular formula is C61H59Cl2F10N7O9. The van der Waals surface area contributed by atoms with Crippen molar-refractivity contribution in [1.29, 1.82) is 0 Å². The van der Waals surface area contributed by atoms with Crippen LogP contribution in [0, 0.1) is 21.7 Å². The van der Waals surface area contributed by atoms with Crippen molar-refractivity contribution >= 4 is 41.0 Å². The Morgan fingerprint density at radius 2 is 1.08 bits per heavy atom. The summed E-state index contributed by atoms with van der Waals surface area (Å²) in [7, 11) is 0. The number of nitrogens with zero attached hydrogens (tertiary/aromatic N) is 3. The zero-order valence-electron chi connectivity index (χ0n) is 45.8. The molecule has 3 amide bonds. The van der Waals surface area contributed by atoms with E-state index in [1.165, 1.54) is 36.7 Å². The highest BCUT2D eigenvalue weighted by molar-refractivity contribution is 6.30.